The Balaban J connectivity index is 3.95. The van der Waals surface area contributed by atoms with E-state index in [0.29, 0.717) is 0 Å². The number of carboxylic acids is 1. The zero-order chi connectivity index (χ0) is 12.7. The maximum atomic E-state index is 11.4. The third-order valence-corrected chi connectivity index (χ3v) is 1.90. The van der Waals surface area contributed by atoms with Gasteiger partial charge in [-0.3, -0.25) is 14.4 Å². The molecule has 0 rings (SSSR count). The standard InChI is InChI=1S/C9H17N3O4/c1-5(4-7(11)13)12-9(16)6(10)2-3-8(14)15/h5-6H,2-4,10H2,1H3,(H2,11,13)(H,12,16)(H,14,15). The molecule has 0 aliphatic heterocycles. The highest BCUT2D eigenvalue weighted by molar-refractivity contribution is 5.83. The van der Waals surface area contributed by atoms with Gasteiger partial charge in [-0.05, 0) is 13.3 Å². The number of primary amides is 1. The lowest BCUT2D eigenvalue weighted by Crippen LogP contribution is -2.45. The summed E-state index contributed by atoms with van der Waals surface area (Å²) >= 11 is 0. The smallest absolute Gasteiger partial charge is 0.303 e. The summed E-state index contributed by atoms with van der Waals surface area (Å²) in [6, 6.07) is -1.28. The number of amides is 2. The van der Waals surface area contributed by atoms with Crippen molar-refractivity contribution in [2.45, 2.75) is 38.3 Å². The van der Waals surface area contributed by atoms with E-state index >= 15 is 0 Å². The molecule has 6 N–H and O–H groups in total. The Morgan fingerprint density at radius 2 is 1.94 bits per heavy atom. The van der Waals surface area contributed by atoms with Crippen molar-refractivity contribution in [2.24, 2.45) is 11.5 Å². The van der Waals surface area contributed by atoms with Gasteiger partial charge < -0.3 is 21.9 Å². The third kappa shape index (κ3) is 6.77. The predicted molar refractivity (Wildman–Crippen MR) is 56.3 cm³/mol. The Morgan fingerprint density at radius 1 is 1.38 bits per heavy atom. The molecule has 7 heteroatoms. The van der Waals surface area contributed by atoms with Crippen molar-refractivity contribution >= 4 is 17.8 Å². The van der Waals surface area contributed by atoms with Crippen LogP contribution in [-0.2, 0) is 14.4 Å². The largest absolute Gasteiger partial charge is 0.481 e. The van der Waals surface area contributed by atoms with Crippen LogP contribution in [0, 0.1) is 0 Å². The molecule has 0 spiro atoms. The lowest BCUT2D eigenvalue weighted by molar-refractivity contribution is -0.137. The molecule has 7 nitrogen and oxygen atoms in total. The molecule has 0 aliphatic rings. The number of aliphatic carboxylic acids is 1. The first-order valence-corrected chi connectivity index (χ1v) is 4.89. The fourth-order valence-corrected chi connectivity index (χ4v) is 1.11. The molecular formula is C9H17N3O4. The number of nitrogens with two attached hydrogens (primary N) is 2. The number of nitrogens with one attached hydrogen (secondary N) is 1. The molecule has 2 atom stereocenters. The van der Waals surface area contributed by atoms with Crippen LogP contribution in [0.25, 0.3) is 0 Å². The summed E-state index contributed by atoms with van der Waals surface area (Å²) in [5.74, 6) is -2.00. The average molecular weight is 231 g/mol. The van der Waals surface area contributed by atoms with Crippen LogP contribution >= 0.6 is 0 Å². The number of carbonyl (C=O) groups is 3. The number of hydrogen-bond acceptors (Lipinski definition) is 4. The molecule has 92 valence electrons. The molecule has 2 amide bonds. The Kier molecular flexibility index (Phi) is 6.09. The quantitative estimate of drug-likeness (QED) is 0.425. The molecule has 2 unspecified atom stereocenters. The van der Waals surface area contributed by atoms with Gasteiger partial charge in [0, 0.05) is 18.9 Å². The zero-order valence-corrected chi connectivity index (χ0v) is 9.10. The summed E-state index contributed by atoms with van der Waals surface area (Å²) in [7, 11) is 0. The summed E-state index contributed by atoms with van der Waals surface area (Å²) in [5, 5.41) is 10.9. The van der Waals surface area contributed by atoms with E-state index in [4.69, 9.17) is 16.6 Å². The van der Waals surface area contributed by atoms with Crippen LogP contribution < -0.4 is 16.8 Å². The summed E-state index contributed by atoms with van der Waals surface area (Å²) in [6.07, 6.45) is -0.0827. The van der Waals surface area contributed by atoms with E-state index in [1.165, 1.54) is 0 Å². The highest BCUT2D eigenvalue weighted by Gasteiger charge is 2.17. The Labute approximate surface area is 93.2 Å². The number of rotatable bonds is 7. The van der Waals surface area contributed by atoms with Gasteiger partial charge in [0.25, 0.3) is 0 Å². The SMILES string of the molecule is CC(CC(N)=O)NC(=O)C(N)CCC(=O)O. The summed E-state index contributed by atoms with van der Waals surface area (Å²) < 4.78 is 0. The number of carboxylic acid groups (broad SMARTS) is 1. The molecule has 16 heavy (non-hydrogen) atoms. The van der Waals surface area contributed by atoms with Crippen molar-refractivity contribution in [1.29, 1.82) is 0 Å². The van der Waals surface area contributed by atoms with Crippen LogP contribution in [0.2, 0.25) is 0 Å². The Hall–Kier alpha value is -1.63. The van der Waals surface area contributed by atoms with Crippen LogP contribution in [0.1, 0.15) is 26.2 Å². The van der Waals surface area contributed by atoms with E-state index in [-0.39, 0.29) is 19.3 Å². The van der Waals surface area contributed by atoms with E-state index in [0.717, 1.165) is 0 Å². The second-order valence-electron chi connectivity index (χ2n) is 3.62. The van der Waals surface area contributed by atoms with Gasteiger partial charge in [0.05, 0.1) is 6.04 Å². The molecule has 0 radical (unpaired) electrons. The Morgan fingerprint density at radius 3 is 2.38 bits per heavy atom. The minimum absolute atomic E-state index is 0.0252. The van der Waals surface area contributed by atoms with Gasteiger partial charge >= 0.3 is 5.97 Å². The van der Waals surface area contributed by atoms with Crippen molar-refractivity contribution in [3.8, 4) is 0 Å². The molecule has 0 heterocycles. The molecule has 0 aliphatic carbocycles. The maximum Gasteiger partial charge on any atom is 0.303 e. The molecule has 0 aromatic carbocycles. The van der Waals surface area contributed by atoms with Crippen LogP contribution in [0.4, 0.5) is 0 Å². The first-order valence-electron chi connectivity index (χ1n) is 4.89. The van der Waals surface area contributed by atoms with Crippen molar-refractivity contribution in [3.63, 3.8) is 0 Å². The predicted octanol–water partition coefficient (Wildman–Crippen LogP) is -1.44. The highest BCUT2D eigenvalue weighted by atomic mass is 16.4. The van der Waals surface area contributed by atoms with E-state index in [9.17, 15) is 14.4 Å². The maximum absolute atomic E-state index is 11.4. The first kappa shape index (κ1) is 14.4. The van der Waals surface area contributed by atoms with E-state index < -0.39 is 29.9 Å². The van der Waals surface area contributed by atoms with Crippen molar-refractivity contribution in [1.82, 2.24) is 5.32 Å². The third-order valence-electron chi connectivity index (χ3n) is 1.90. The topological polar surface area (TPSA) is 136 Å². The molecule has 0 aromatic rings. The zero-order valence-electron chi connectivity index (χ0n) is 9.10. The fraction of sp³-hybridized carbons (Fsp3) is 0.667. The highest BCUT2D eigenvalue weighted by Crippen LogP contribution is 1.97. The first-order chi connectivity index (χ1) is 7.32. The van der Waals surface area contributed by atoms with Gasteiger partial charge in [0.2, 0.25) is 11.8 Å². The van der Waals surface area contributed by atoms with Gasteiger partial charge in [-0.15, -0.1) is 0 Å². The average Bonchev–Trinajstić information content (AvgIpc) is 2.12. The van der Waals surface area contributed by atoms with Gasteiger partial charge in [-0.25, -0.2) is 0 Å². The molecule has 0 saturated carbocycles. The second kappa shape index (κ2) is 6.78. The van der Waals surface area contributed by atoms with Gasteiger partial charge in [0.1, 0.15) is 0 Å². The molecule has 0 saturated heterocycles. The van der Waals surface area contributed by atoms with E-state index in [2.05, 4.69) is 5.32 Å². The number of hydrogen-bond donors (Lipinski definition) is 4. The lowest BCUT2D eigenvalue weighted by atomic mass is 10.1. The number of carbonyl (C=O) groups excluding carboxylic acids is 2. The molecule has 0 aromatic heterocycles. The summed E-state index contributed by atoms with van der Waals surface area (Å²) in [5.41, 5.74) is 10.4. The van der Waals surface area contributed by atoms with Crippen molar-refractivity contribution in [2.75, 3.05) is 0 Å². The van der Waals surface area contributed by atoms with Crippen molar-refractivity contribution < 1.29 is 19.5 Å². The fourth-order valence-electron chi connectivity index (χ4n) is 1.11. The van der Waals surface area contributed by atoms with Crippen molar-refractivity contribution in [3.05, 3.63) is 0 Å². The molecule has 0 fully saturated rings. The minimum Gasteiger partial charge on any atom is -0.481 e. The summed E-state index contributed by atoms with van der Waals surface area (Å²) in [4.78, 5) is 32.1. The summed E-state index contributed by atoms with van der Waals surface area (Å²) in [6.45, 7) is 1.62. The van der Waals surface area contributed by atoms with Crippen LogP contribution in [0.3, 0.4) is 0 Å². The minimum atomic E-state index is -1.01. The van der Waals surface area contributed by atoms with Gasteiger partial charge in [0.15, 0.2) is 0 Å². The lowest BCUT2D eigenvalue weighted by Gasteiger charge is -2.15. The van der Waals surface area contributed by atoms with Gasteiger partial charge in [-0.1, -0.05) is 0 Å². The van der Waals surface area contributed by atoms with Crippen LogP contribution in [-0.4, -0.2) is 35.0 Å². The molecular weight excluding hydrogens is 214 g/mol. The monoisotopic (exact) mass is 231 g/mol. The normalized spacial score (nSPS) is 13.9. The van der Waals surface area contributed by atoms with Gasteiger partial charge in [-0.2, -0.15) is 0 Å². The van der Waals surface area contributed by atoms with Crippen LogP contribution in [0.15, 0.2) is 0 Å². The van der Waals surface area contributed by atoms with E-state index in [1.807, 2.05) is 0 Å². The van der Waals surface area contributed by atoms with Crippen LogP contribution in [0.5, 0.6) is 0 Å². The second-order valence-corrected chi connectivity index (χ2v) is 3.62. The van der Waals surface area contributed by atoms with E-state index in [1.54, 1.807) is 6.92 Å². The Bertz CT molecular complexity index is 280. The molecule has 0 bridgehead atoms.